The van der Waals surface area contributed by atoms with Crippen molar-refractivity contribution >= 4 is 19.8 Å². The molecular formula is C77H147NO8P+. The lowest BCUT2D eigenvalue weighted by molar-refractivity contribution is -0.870. The van der Waals surface area contributed by atoms with E-state index in [1.54, 1.807) is 0 Å². The summed E-state index contributed by atoms with van der Waals surface area (Å²) in [6.07, 6.45) is 89.6. The normalized spacial score (nSPS) is 13.3. The largest absolute Gasteiger partial charge is 0.472 e. The highest BCUT2D eigenvalue weighted by atomic mass is 31.2. The number of phosphoric acid groups is 1. The van der Waals surface area contributed by atoms with Gasteiger partial charge in [-0.05, 0) is 51.4 Å². The molecule has 0 aliphatic carbocycles. The Morgan fingerprint density at radius 3 is 0.977 bits per heavy atom. The zero-order valence-corrected chi connectivity index (χ0v) is 59.4. The molecule has 0 aromatic carbocycles. The van der Waals surface area contributed by atoms with Gasteiger partial charge in [-0.2, -0.15) is 0 Å². The number of phosphoric ester groups is 1. The van der Waals surface area contributed by atoms with E-state index in [2.05, 4.69) is 62.5 Å². The molecule has 0 bridgehead atoms. The molecule has 0 aliphatic rings. The number of nitrogens with zero attached hydrogens (tertiary/aromatic N) is 1. The highest BCUT2D eigenvalue weighted by Gasteiger charge is 2.27. The fourth-order valence-electron chi connectivity index (χ4n) is 11.4. The van der Waals surface area contributed by atoms with E-state index >= 15 is 0 Å². The molecule has 0 aliphatic heterocycles. The summed E-state index contributed by atoms with van der Waals surface area (Å²) in [5.74, 6) is -0.772. The van der Waals surface area contributed by atoms with Crippen molar-refractivity contribution in [2.24, 2.45) is 0 Å². The minimum absolute atomic E-state index is 0.0353. The van der Waals surface area contributed by atoms with Crippen molar-refractivity contribution in [3.8, 4) is 0 Å². The maximum absolute atomic E-state index is 12.9. The van der Waals surface area contributed by atoms with Crippen molar-refractivity contribution in [3.05, 3.63) is 48.6 Å². The van der Waals surface area contributed by atoms with Gasteiger partial charge in [-0.3, -0.25) is 18.6 Å². The van der Waals surface area contributed by atoms with Gasteiger partial charge in [0.05, 0.1) is 27.7 Å². The summed E-state index contributed by atoms with van der Waals surface area (Å²) in [6.45, 7) is 4.40. The molecule has 10 heteroatoms. The van der Waals surface area contributed by atoms with Gasteiger partial charge < -0.3 is 18.9 Å². The van der Waals surface area contributed by atoms with E-state index in [4.69, 9.17) is 18.5 Å². The Bertz CT molecular complexity index is 1610. The monoisotopic (exact) mass is 1250 g/mol. The van der Waals surface area contributed by atoms with Crippen LogP contribution >= 0.6 is 7.82 Å². The highest BCUT2D eigenvalue weighted by molar-refractivity contribution is 7.47. The van der Waals surface area contributed by atoms with Crippen LogP contribution in [0.4, 0.5) is 0 Å². The number of carbonyl (C=O) groups excluding carboxylic acids is 2. The average Bonchev–Trinajstić information content (AvgIpc) is 3.56. The molecule has 0 saturated heterocycles. The molecule has 0 spiro atoms. The summed E-state index contributed by atoms with van der Waals surface area (Å²) >= 11 is 0. The summed E-state index contributed by atoms with van der Waals surface area (Å²) in [5.41, 5.74) is 0. The van der Waals surface area contributed by atoms with Crippen molar-refractivity contribution < 1.29 is 42.1 Å². The van der Waals surface area contributed by atoms with Crippen molar-refractivity contribution in [1.29, 1.82) is 0 Å². The van der Waals surface area contributed by atoms with Crippen LogP contribution < -0.4 is 0 Å². The molecule has 0 heterocycles. The van der Waals surface area contributed by atoms with Crippen LogP contribution in [0.1, 0.15) is 380 Å². The number of carbonyl (C=O) groups is 2. The molecule has 9 nitrogen and oxygen atoms in total. The number of quaternary nitrogens is 1. The molecule has 2 atom stereocenters. The van der Waals surface area contributed by atoms with Crippen LogP contribution in [-0.4, -0.2) is 74.9 Å². The van der Waals surface area contributed by atoms with Gasteiger partial charge in [0.2, 0.25) is 0 Å². The van der Waals surface area contributed by atoms with E-state index in [0.717, 1.165) is 57.8 Å². The van der Waals surface area contributed by atoms with Crippen molar-refractivity contribution in [2.75, 3.05) is 47.5 Å². The molecule has 0 saturated carbocycles. The number of hydrogen-bond acceptors (Lipinski definition) is 7. The van der Waals surface area contributed by atoms with Gasteiger partial charge in [0.1, 0.15) is 19.8 Å². The second kappa shape index (κ2) is 68.3. The molecule has 87 heavy (non-hydrogen) atoms. The van der Waals surface area contributed by atoms with E-state index < -0.39 is 26.5 Å². The second-order valence-corrected chi connectivity index (χ2v) is 28.5. The third-order valence-corrected chi connectivity index (χ3v) is 18.1. The number of rotatable bonds is 71. The fourth-order valence-corrected chi connectivity index (χ4v) is 12.1. The predicted molar refractivity (Wildman–Crippen MR) is 377 cm³/mol. The summed E-state index contributed by atoms with van der Waals surface area (Å²) in [6, 6.07) is 0. The standard InChI is InChI=1S/C77H146NO8P/c1-6-8-10-12-14-16-18-20-22-24-26-28-30-32-34-35-36-37-38-39-40-41-42-43-44-46-48-50-52-54-56-58-60-62-64-66-68-70-77(80)86-75(74-85-87(81,82)84-72-71-78(3,4)5)73-83-76(79)69-67-65-63-61-59-57-55-53-51-49-47-45-33-31-29-27-25-23-21-19-17-15-13-11-9-7-2/h8,10,14,16,20,22,26,28,75H,6-7,9,11-13,15,17-19,21,23-25,27,29-74H2,1-5H3/p+1/b10-8-,16-14-,22-20-,28-26-. The van der Waals surface area contributed by atoms with E-state index in [1.807, 2.05) is 21.1 Å². The Balaban J connectivity index is 3.92. The zero-order valence-electron chi connectivity index (χ0n) is 58.5. The van der Waals surface area contributed by atoms with Crippen LogP contribution in [0.5, 0.6) is 0 Å². The number of likely N-dealkylation sites (N-methyl/N-ethyl adjacent to an activating group) is 1. The average molecular weight is 1250 g/mol. The topological polar surface area (TPSA) is 108 Å². The van der Waals surface area contributed by atoms with Crippen LogP contribution in [-0.2, 0) is 32.7 Å². The molecule has 1 N–H and O–H groups in total. The zero-order chi connectivity index (χ0) is 63.4. The minimum Gasteiger partial charge on any atom is -0.462 e. The van der Waals surface area contributed by atoms with Crippen molar-refractivity contribution in [3.63, 3.8) is 0 Å². The lowest BCUT2D eigenvalue weighted by Crippen LogP contribution is -2.37. The first-order valence-electron chi connectivity index (χ1n) is 37.9. The van der Waals surface area contributed by atoms with Gasteiger partial charge in [-0.25, -0.2) is 4.57 Å². The molecule has 0 rings (SSSR count). The minimum atomic E-state index is -4.39. The van der Waals surface area contributed by atoms with Crippen molar-refractivity contribution in [2.45, 2.75) is 386 Å². The molecular weight excluding hydrogens is 1100 g/mol. The van der Waals surface area contributed by atoms with E-state index in [9.17, 15) is 19.0 Å². The van der Waals surface area contributed by atoms with Crippen LogP contribution in [0.25, 0.3) is 0 Å². The number of hydrogen-bond donors (Lipinski definition) is 1. The predicted octanol–water partition coefficient (Wildman–Crippen LogP) is 24.8. The SMILES string of the molecule is CC/C=C\C/C=C\C/C=C\C/C=C\CCCCCCCCCCCCCCCCCCCCCCCCCCC(=O)OC(COC(=O)CCCCCCCCCCCCCCCCCCCCCCCCCCCC)COP(=O)(O)OCC[N+](C)(C)C. The quantitative estimate of drug-likeness (QED) is 0.0211. The summed E-state index contributed by atoms with van der Waals surface area (Å²) in [5, 5.41) is 0. The summed E-state index contributed by atoms with van der Waals surface area (Å²) in [7, 11) is 1.50. The first-order valence-corrected chi connectivity index (χ1v) is 39.4. The molecule has 512 valence electrons. The number of allylic oxidation sites excluding steroid dienone is 8. The van der Waals surface area contributed by atoms with Crippen LogP contribution in [0.15, 0.2) is 48.6 Å². The second-order valence-electron chi connectivity index (χ2n) is 27.0. The Kier molecular flexibility index (Phi) is 66.7. The smallest absolute Gasteiger partial charge is 0.462 e. The Morgan fingerprint density at radius 1 is 0.368 bits per heavy atom. The van der Waals surface area contributed by atoms with E-state index in [0.29, 0.717) is 23.9 Å². The Hall–Kier alpha value is -2.03. The molecule has 0 fully saturated rings. The maximum Gasteiger partial charge on any atom is 0.472 e. The first kappa shape index (κ1) is 85.0. The molecule has 2 unspecified atom stereocenters. The van der Waals surface area contributed by atoms with Gasteiger partial charge >= 0.3 is 19.8 Å². The molecule has 0 aromatic heterocycles. The third kappa shape index (κ3) is 72.9. The number of ether oxygens (including phenoxy) is 2. The van der Waals surface area contributed by atoms with E-state index in [1.165, 1.54) is 289 Å². The number of esters is 2. The van der Waals surface area contributed by atoms with Gasteiger partial charge in [0, 0.05) is 12.8 Å². The molecule has 0 radical (unpaired) electrons. The molecule has 0 aromatic rings. The maximum atomic E-state index is 12.9. The Morgan fingerprint density at radius 2 is 0.655 bits per heavy atom. The van der Waals surface area contributed by atoms with Crippen LogP contribution in [0.3, 0.4) is 0 Å². The lowest BCUT2D eigenvalue weighted by atomic mass is 10.0. The fraction of sp³-hybridized carbons (Fsp3) is 0.870. The van der Waals surface area contributed by atoms with Gasteiger partial charge in [-0.1, -0.05) is 364 Å². The van der Waals surface area contributed by atoms with Crippen molar-refractivity contribution in [1.82, 2.24) is 0 Å². The van der Waals surface area contributed by atoms with Gasteiger partial charge in [0.15, 0.2) is 6.10 Å². The summed E-state index contributed by atoms with van der Waals surface area (Å²) in [4.78, 5) is 35.9. The van der Waals surface area contributed by atoms with Gasteiger partial charge in [0.25, 0.3) is 0 Å². The van der Waals surface area contributed by atoms with Crippen LogP contribution in [0.2, 0.25) is 0 Å². The first-order chi connectivity index (χ1) is 42.5. The van der Waals surface area contributed by atoms with Crippen LogP contribution in [0, 0.1) is 0 Å². The van der Waals surface area contributed by atoms with E-state index in [-0.39, 0.29) is 25.6 Å². The highest BCUT2D eigenvalue weighted by Crippen LogP contribution is 2.43. The van der Waals surface area contributed by atoms with Gasteiger partial charge in [-0.15, -0.1) is 0 Å². The molecule has 0 amide bonds. The lowest BCUT2D eigenvalue weighted by Gasteiger charge is -2.24. The Labute approximate surface area is 541 Å². The number of unbranched alkanes of at least 4 members (excludes halogenated alkanes) is 49. The summed E-state index contributed by atoms with van der Waals surface area (Å²) < 4.78 is 34.8. The third-order valence-electron chi connectivity index (χ3n) is 17.1.